The van der Waals surface area contributed by atoms with Crippen LogP contribution in [0.2, 0.25) is 0 Å². The van der Waals surface area contributed by atoms with Gasteiger partial charge in [0, 0.05) is 18.2 Å². The van der Waals surface area contributed by atoms with Crippen molar-refractivity contribution in [2.75, 3.05) is 6.54 Å². The first-order chi connectivity index (χ1) is 11.9. The van der Waals surface area contributed by atoms with Crippen molar-refractivity contribution in [1.82, 2.24) is 5.32 Å². The van der Waals surface area contributed by atoms with Crippen molar-refractivity contribution in [3.63, 3.8) is 0 Å². The molecule has 1 aliphatic carbocycles. The van der Waals surface area contributed by atoms with Crippen LogP contribution in [0.4, 0.5) is 5.69 Å². The second kappa shape index (κ2) is 8.60. The predicted molar refractivity (Wildman–Crippen MR) is 92.3 cm³/mol. The van der Waals surface area contributed by atoms with E-state index in [0.717, 1.165) is 12.8 Å². The van der Waals surface area contributed by atoms with Gasteiger partial charge >= 0.3 is 5.97 Å². The molecule has 7 heteroatoms. The molecule has 136 valence electrons. The van der Waals surface area contributed by atoms with E-state index in [2.05, 4.69) is 5.32 Å². The zero-order valence-electron chi connectivity index (χ0n) is 14.6. The van der Waals surface area contributed by atoms with Gasteiger partial charge in [-0.3, -0.25) is 14.9 Å². The maximum Gasteiger partial charge on any atom is 0.338 e. The summed E-state index contributed by atoms with van der Waals surface area (Å²) in [5, 5.41) is 13.6. The van der Waals surface area contributed by atoms with Crippen LogP contribution < -0.4 is 5.32 Å². The predicted octanol–water partition coefficient (Wildman–Crippen LogP) is 3.15. The molecule has 0 bridgehead atoms. The molecule has 2 rings (SSSR count). The number of nitro groups is 1. The number of amides is 1. The molecule has 0 saturated heterocycles. The normalized spacial score (nSPS) is 16.1. The van der Waals surface area contributed by atoms with E-state index in [-0.39, 0.29) is 17.2 Å². The first kappa shape index (κ1) is 18.9. The quantitative estimate of drug-likeness (QED) is 0.484. The number of rotatable bonds is 6. The van der Waals surface area contributed by atoms with Crippen LogP contribution in [0.5, 0.6) is 0 Å². The van der Waals surface area contributed by atoms with E-state index in [1.54, 1.807) is 6.92 Å². The summed E-state index contributed by atoms with van der Waals surface area (Å²) in [7, 11) is 0. The van der Waals surface area contributed by atoms with Gasteiger partial charge in [0.05, 0.1) is 10.5 Å². The third-order valence-electron chi connectivity index (χ3n) is 4.57. The average molecular weight is 348 g/mol. The molecular formula is C18H24N2O5. The Labute approximate surface area is 146 Å². The topological polar surface area (TPSA) is 98.5 Å². The average Bonchev–Trinajstić information content (AvgIpc) is 2.59. The molecule has 0 radical (unpaired) electrons. The largest absolute Gasteiger partial charge is 0.449 e. The Morgan fingerprint density at radius 1 is 1.32 bits per heavy atom. The number of aryl methyl sites for hydroxylation is 1. The van der Waals surface area contributed by atoms with Crippen LogP contribution in [0.3, 0.4) is 0 Å². The van der Waals surface area contributed by atoms with Crippen LogP contribution in [-0.4, -0.2) is 29.4 Å². The Morgan fingerprint density at radius 3 is 2.60 bits per heavy atom. The lowest BCUT2D eigenvalue weighted by molar-refractivity contribution is -0.385. The minimum Gasteiger partial charge on any atom is -0.449 e. The van der Waals surface area contributed by atoms with Crippen molar-refractivity contribution in [2.45, 2.75) is 52.1 Å². The van der Waals surface area contributed by atoms with E-state index < -0.39 is 17.0 Å². The zero-order valence-corrected chi connectivity index (χ0v) is 14.6. The Bertz CT molecular complexity index is 653. The number of carbonyl (C=O) groups excluding carboxylic acids is 2. The van der Waals surface area contributed by atoms with Crippen LogP contribution >= 0.6 is 0 Å². The summed E-state index contributed by atoms with van der Waals surface area (Å²) < 4.78 is 5.17. The number of esters is 1. The second-order valence-corrected chi connectivity index (χ2v) is 6.56. The number of hydrogen-bond acceptors (Lipinski definition) is 5. The zero-order chi connectivity index (χ0) is 18.4. The third kappa shape index (κ3) is 5.27. The van der Waals surface area contributed by atoms with Gasteiger partial charge < -0.3 is 10.1 Å². The van der Waals surface area contributed by atoms with Gasteiger partial charge in [-0.05, 0) is 44.7 Å². The molecule has 0 aliphatic heterocycles. The lowest BCUT2D eigenvalue weighted by atomic mass is 9.89. The van der Waals surface area contributed by atoms with Crippen LogP contribution in [0.1, 0.15) is 54.9 Å². The Balaban J connectivity index is 1.87. The molecule has 0 aromatic heterocycles. The highest BCUT2D eigenvalue weighted by Crippen LogP contribution is 2.23. The minimum atomic E-state index is -0.911. The summed E-state index contributed by atoms with van der Waals surface area (Å²) in [6, 6.07) is 3.99. The van der Waals surface area contributed by atoms with Crippen molar-refractivity contribution in [3.05, 3.63) is 39.4 Å². The SMILES string of the molecule is Cc1cc(C(=O)OC(C)C(=O)NCC2CCCCC2)ccc1[N+](=O)[O-]. The fourth-order valence-corrected chi connectivity index (χ4v) is 3.05. The van der Waals surface area contributed by atoms with Crippen LogP contribution in [-0.2, 0) is 9.53 Å². The monoisotopic (exact) mass is 348 g/mol. The first-order valence-electron chi connectivity index (χ1n) is 8.62. The number of nitrogens with zero attached hydrogens (tertiary/aromatic N) is 1. The van der Waals surface area contributed by atoms with E-state index in [0.29, 0.717) is 18.0 Å². The summed E-state index contributed by atoms with van der Waals surface area (Å²) in [6.07, 6.45) is 4.99. The number of ether oxygens (including phenoxy) is 1. The van der Waals surface area contributed by atoms with Crippen molar-refractivity contribution >= 4 is 17.6 Å². The van der Waals surface area contributed by atoms with Crippen molar-refractivity contribution < 1.29 is 19.2 Å². The molecular weight excluding hydrogens is 324 g/mol. The molecule has 1 amide bonds. The molecule has 1 aromatic carbocycles. The highest BCUT2D eigenvalue weighted by molar-refractivity contribution is 5.92. The van der Waals surface area contributed by atoms with Crippen LogP contribution in [0.15, 0.2) is 18.2 Å². The molecule has 1 N–H and O–H groups in total. The molecule has 1 saturated carbocycles. The summed E-state index contributed by atoms with van der Waals surface area (Å²) in [6.45, 7) is 3.68. The Hall–Kier alpha value is -2.44. The summed E-state index contributed by atoms with van der Waals surface area (Å²) in [5.74, 6) is -0.492. The second-order valence-electron chi connectivity index (χ2n) is 6.56. The summed E-state index contributed by atoms with van der Waals surface area (Å²) in [5.41, 5.74) is 0.499. The lowest BCUT2D eigenvalue weighted by Crippen LogP contribution is -2.38. The van der Waals surface area contributed by atoms with E-state index in [1.807, 2.05) is 0 Å². The van der Waals surface area contributed by atoms with Gasteiger partial charge in [0.2, 0.25) is 0 Å². The number of carbonyl (C=O) groups is 2. The number of nitro benzene ring substituents is 1. The van der Waals surface area contributed by atoms with Crippen molar-refractivity contribution in [3.8, 4) is 0 Å². The fourth-order valence-electron chi connectivity index (χ4n) is 3.05. The number of hydrogen-bond donors (Lipinski definition) is 1. The molecule has 1 fully saturated rings. The van der Waals surface area contributed by atoms with E-state index >= 15 is 0 Å². The number of nitrogens with one attached hydrogen (secondary N) is 1. The van der Waals surface area contributed by atoms with Gasteiger partial charge in [-0.15, -0.1) is 0 Å². The Morgan fingerprint density at radius 2 is 2.00 bits per heavy atom. The van der Waals surface area contributed by atoms with Gasteiger partial charge in [-0.2, -0.15) is 0 Å². The Kier molecular flexibility index (Phi) is 6.50. The van der Waals surface area contributed by atoms with Gasteiger partial charge in [-0.1, -0.05) is 19.3 Å². The van der Waals surface area contributed by atoms with Gasteiger partial charge in [0.1, 0.15) is 0 Å². The summed E-state index contributed by atoms with van der Waals surface area (Å²) >= 11 is 0. The third-order valence-corrected chi connectivity index (χ3v) is 4.57. The summed E-state index contributed by atoms with van der Waals surface area (Å²) in [4.78, 5) is 34.5. The van der Waals surface area contributed by atoms with Gasteiger partial charge in [-0.25, -0.2) is 4.79 Å². The highest BCUT2D eigenvalue weighted by Gasteiger charge is 2.22. The number of benzene rings is 1. The van der Waals surface area contributed by atoms with Gasteiger partial charge in [0.25, 0.3) is 11.6 Å². The lowest BCUT2D eigenvalue weighted by Gasteiger charge is -2.22. The molecule has 1 aliphatic rings. The van der Waals surface area contributed by atoms with E-state index in [1.165, 1.54) is 44.4 Å². The van der Waals surface area contributed by atoms with Crippen LogP contribution in [0, 0.1) is 23.0 Å². The van der Waals surface area contributed by atoms with E-state index in [4.69, 9.17) is 4.74 Å². The molecule has 1 aromatic rings. The fraction of sp³-hybridized carbons (Fsp3) is 0.556. The molecule has 25 heavy (non-hydrogen) atoms. The molecule has 1 unspecified atom stereocenters. The standard InChI is InChI=1S/C18H24N2O5/c1-12-10-15(8-9-16(12)20(23)24)18(22)25-13(2)17(21)19-11-14-6-4-3-5-7-14/h8-10,13-14H,3-7,11H2,1-2H3,(H,19,21). The van der Waals surface area contributed by atoms with Crippen LogP contribution in [0.25, 0.3) is 0 Å². The van der Waals surface area contributed by atoms with Crippen molar-refractivity contribution in [1.29, 1.82) is 0 Å². The minimum absolute atomic E-state index is 0.0603. The first-order valence-corrected chi connectivity index (χ1v) is 8.62. The smallest absolute Gasteiger partial charge is 0.338 e. The van der Waals surface area contributed by atoms with Gasteiger partial charge in [0.15, 0.2) is 6.10 Å². The molecule has 1 atom stereocenters. The molecule has 7 nitrogen and oxygen atoms in total. The maximum absolute atomic E-state index is 12.1. The highest BCUT2D eigenvalue weighted by atomic mass is 16.6. The van der Waals surface area contributed by atoms with E-state index in [9.17, 15) is 19.7 Å². The van der Waals surface area contributed by atoms with Crippen molar-refractivity contribution in [2.24, 2.45) is 5.92 Å². The maximum atomic E-state index is 12.1. The molecule has 0 heterocycles. The molecule has 0 spiro atoms.